The van der Waals surface area contributed by atoms with Crippen LogP contribution in [0.5, 0.6) is 0 Å². The van der Waals surface area contributed by atoms with Gasteiger partial charge in [-0.25, -0.2) is 0 Å². The Morgan fingerprint density at radius 1 is 1.23 bits per heavy atom. The topological polar surface area (TPSA) is 118 Å². The molecule has 0 aromatic carbocycles. The molecule has 1 fully saturated rings. The van der Waals surface area contributed by atoms with E-state index in [2.05, 4.69) is 20.4 Å². The number of aromatic nitrogens is 3. The van der Waals surface area contributed by atoms with Gasteiger partial charge in [-0.05, 0) is 25.0 Å². The molecule has 0 unspecified atom stereocenters. The van der Waals surface area contributed by atoms with E-state index in [4.69, 9.17) is 4.52 Å². The summed E-state index contributed by atoms with van der Waals surface area (Å²) in [6.07, 6.45) is 6.16. The first-order valence-electron chi connectivity index (χ1n) is 8.83. The van der Waals surface area contributed by atoms with E-state index in [1.54, 1.807) is 18.3 Å². The van der Waals surface area contributed by atoms with Gasteiger partial charge in [-0.1, -0.05) is 30.5 Å². The lowest BCUT2D eigenvalue weighted by atomic mass is 9.74. The van der Waals surface area contributed by atoms with Crippen LogP contribution in [0.4, 0.5) is 0 Å². The van der Waals surface area contributed by atoms with Crippen molar-refractivity contribution in [2.75, 3.05) is 6.54 Å². The van der Waals surface area contributed by atoms with Gasteiger partial charge in [-0.3, -0.25) is 14.6 Å². The summed E-state index contributed by atoms with van der Waals surface area (Å²) in [5.74, 6) is -0.303. The molecule has 0 spiro atoms. The number of pyridine rings is 1. The van der Waals surface area contributed by atoms with Gasteiger partial charge in [0.05, 0.1) is 5.41 Å². The van der Waals surface area contributed by atoms with Crippen molar-refractivity contribution >= 4 is 11.9 Å². The lowest BCUT2D eigenvalue weighted by Crippen LogP contribution is -2.44. The van der Waals surface area contributed by atoms with E-state index in [1.165, 1.54) is 0 Å². The van der Waals surface area contributed by atoms with Gasteiger partial charge in [0.15, 0.2) is 0 Å². The summed E-state index contributed by atoms with van der Waals surface area (Å²) >= 11 is 0. The van der Waals surface area contributed by atoms with Crippen molar-refractivity contribution in [3.63, 3.8) is 0 Å². The van der Waals surface area contributed by atoms with Crippen LogP contribution in [0.3, 0.4) is 0 Å². The molecule has 1 amide bonds. The van der Waals surface area contributed by atoms with Crippen LogP contribution in [-0.4, -0.2) is 38.7 Å². The summed E-state index contributed by atoms with van der Waals surface area (Å²) < 4.78 is 5.15. The quantitative estimate of drug-likeness (QED) is 0.779. The van der Waals surface area contributed by atoms with E-state index in [0.29, 0.717) is 36.7 Å². The second-order valence-electron chi connectivity index (χ2n) is 6.65. The summed E-state index contributed by atoms with van der Waals surface area (Å²) in [7, 11) is 0. The van der Waals surface area contributed by atoms with E-state index in [1.807, 2.05) is 6.07 Å². The lowest BCUT2D eigenvalue weighted by Gasteiger charge is -2.33. The fraction of sp³-hybridized carbons (Fsp3) is 0.500. The first-order valence-corrected chi connectivity index (χ1v) is 8.83. The highest BCUT2D eigenvalue weighted by Gasteiger charge is 2.39. The number of nitrogens with one attached hydrogen (secondary N) is 1. The molecule has 1 saturated carbocycles. The van der Waals surface area contributed by atoms with Crippen molar-refractivity contribution in [1.29, 1.82) is 0 Å². The zero-order chi connectivity index (χ0) is 18.4. The predicted octanol–water partition coefficient (Wildman–Crippen LogP) is 2.22. The third-order valence-electron chi connectivity index (χ3n) is 4.82. The average Bonchev–Trinajstić information content (AvgIpc) is 3.15. The van der Waals surface area contributed by atoms with Crippen LogP contribution in [0.1, 0.15) is 44.4 Å². The number of aliphatic carboxylic acids is 1. The van der Waals surface area contributed by atoms with Gasteiger partial charge in [0, 0.05) is 25.6 Å². The maximum Gasteiger partial charge on any atom is 0.311 e. The molecule has 3 rings (SSSR count). The summed E-state index contributed by atoms with van der Waals surface area (Å²) in [6, 6.07) is 5.40. The minimum Gasteiger partial charge on any atom is -0.481 e. The SMILES string of the molecule is O=C(CCc1nc(-c2ccccn2)no1)NCC1(C(=O)O)CCCCC1. The van der Waals surface area contributed by atoms with Crippen molar-refractivity contribution in [3.8, 4) is 11.5 Å². The van der Waals surface area contributed by atoms with Crippen molar-refractivity contribution in [1.82, 2.24) is 20.4 Å². The highest BCUT2D eigenvalue weighted by Crippen LogP contribution is 2.36. The van der Waals surface area contributed by atoms with Crippen LogP contribution in [0.25, 0.3) is 11.5 Å². The highest BCUT2D eigenvalue weighted by atomic mass is 16.5. The molecule has 0 radical (unpaired) electrons. The third kappa shape index (κ3) is 4.25. The summed E-state index contributed by atoms with van der Waals surface area (Å²) in [4.78, 5) is 32.1. The maximum atomic E-state index is 12.1. The third-order valence-corrected chi connectivity index (χ3v) is 4.82. The summed E-state index contributed by atoms with van der Waals surface area (Å²) in [5, 5.41) is 16.2. The number of aryl methyl sites for hydroxylation is 1. The number of carbonyl (C=O) groups is 2. The molecule has 1 aliphatic carbocycles. The summed E-state index contributed by atoms with van der Waals surface area (Å²) in [5.41, 5.74) is -0.225. The number of carboxylic acids is 1. The number of hydrogen-bond donors (Lipinski definition) is 2. The second kappa shape index (κ2) is 8.07. The molecule has 2 N–H and O–H groups in total. The number of carbonyl (C=O) groups excluding carboxylic acids is 1. The van der Waals surface area contributed by atoms with Crippen LogP contribution < -0.4 is 5.32 Å². The molecule has 8 nitrogen and oxygen atoms in total. The molecular weight excluding hydrogens is 336 g/mol. The Labute approximate surface area is 151 Å². The fourth-order valence-corrected chi connectivity index (χ4v) is 3.23. The Bertz CT molecular complexity index is 754. The van der Waals surface area contributed by atoms with Crippen molar-refractivity contribution in [2.24, 2.45) is 5.41 Å². The predicted molar refractivity (Wildman–Crippen MR) is 92.0 cm³/mol. The Morgan fingerprint density at radius 3 is 2.73 bits per heavy atom. The van der Waals surface area contributed by atoms with Gasteiger partial charge in [-0.2, -0.15) is 4.98 Å². The molecular formula is C18H22N4O4. The summed E-state index contributed by atoms with van der Waals surface area (Å²) in [6.45, 7) is 0.171. The number of hydrogen-bond acceptors (Lipinski definition) is 6. The van der Waals surface area contributed by atoms with Gasteiger partial charge in [0.25, 0.3) is 0 Å². The molecule has 2 heterocycles. The van der Waals surface area contributed by atoms with E-state index in [-0.39, 0.29) is 18.9 Å². The maximum absolute atomic E-state index is 12.1. The van der Waals surface area contributed by atoms with E-state index < -0.39 is 11.4 Å². The van der Waals surface area contributed by atoms with Gasteiger partial charge < -0.3 is 14.9 Å². The van der Waals surface area contributed by atoms with Crippen LogP contribution in [0, 0.1) is 5.41 Å². The Morgan fingerprint density at radius 2 is 2.04 bits per heavy atom. The van der Waals surface area contributed by atoms with Crippen LogP contribution in [0.2, 0.25) is 0 Å². The first kappa shape index (κ1) is 18.0. The van der Waals surface area contributed by atoms with Crippen molar-refractivity contribution in [3.05, 3.63) is 30.3 Å². The van der Waals surface area contributed by atoms with Gasteiger partial charge >= 0.3 is 5.97 Å². The minimum absolute atomic E-state index is 0.166. The van der Waals surface area contributed by atoms with Gasteiger partial charge in [-0.15, -0.1) is 0 Å². The number of carboxylic acid groups (broad SMARTS) is 1. The standard InChI is InChI=1S/C18H22N4O4/c23-14(20-12-18(17(24)25)9-3-1-4-10-18)7-8-15-21-16(22-26-15)13-6-2-5-11-19-13/h2,5-6,11H,1,3-4,7-10,12H2,(H,20,23)(H,24,25). The molecule has 2 aromatic heterocycles. The lowest BCUT2D eigenvalue weighted by molar-refractivity contribution is -0.151. The monoisotopic (exact) mass is 358 g/mol. The molecule has 138 valence electrons. The normalized spacial score (nSPS) is 16.2. The molecule has 2 aromatic rings. The number of amides is 1. The molecule has 0 bridgehead atoms. The van der Waals surface area contributed by atoms with Crippen molar-refractivity contribution < 1.29 is 19.2 Å². The Hall–Kier alpha value is -2.77. The fourth-order valence-electron chi connectivity index (χ4n) is 3.23. The zero-order valence-corrected chi connectivity index (χ0v) is 14.5. The van der Waals surface area contributed by atoms with Gasteiger partial charge in [0.1, 0.15) is 5.69 Å². The molecule has 0 saturated heterocycles. The van der Waals surface area contributed by atoms with Crippen molar-refractivity contribution in [2.45, 2.75) is 44.9 Å². The molecule has 8 heteroatoms. The van der Waals surface area contributed by atoms with Crippen LogP contribution in [0.15, 0.2) is 28.9 Å². The van der Waals surface area contributed by atoms with Gasteiger partial charge in [0.2, 0.25) is 17.6 Å². The Kier molecular flexibility index (Phi) is 5.60. The van der Waals surface area contributed by atoms with Crippen LogP contribution >= 0.6 is 0 Å². The molecule has 0 aliphatic heterocycles. The average molecular weight is 358 g/mol. The largest absolute Gasteiger partial charge is 0.481 e. The molecule has 0 atom stereocenters. The number of rotatable bonds is 7. The molecule has 26 heavy (non-hydrogen) atoms. The van der Waals surface area contributed by atoms with E-state index >= 15 is 0 Å². The minimum atomic E-state index is -0.829. The second-order valence-corrected chi connectivity index (χ2v) is 6.65. The first-order chi connectivity index (χ1) is 12.6. The highest BCUT2D eigenvalue weighted by molar-refractivity contribution is 5.79. The smallest absolute Gasteiger partial charge is 0.311 e. The molecule has 1 aliphatic rings. The van der Waals surface area contributed by atoms with E-state index in [9.17, 15) is 14.7 Å². The number of nitrogens with zero attached hydrogens (tertiary/aromatic N) is 3. The Balaban J connectivity index is 1.50. The van der Waals surface area contributed by atoms with E-state index in [0.717, 1.165) is 19.3 Å². The van der Waals surface area contributed by atoms with Crippen LogP contribution in [-0.2, 0) is 16.0 Å². The zero-order valence-electron chi connectivity index (χ0n) is 14.5.